The number of unbranched alkanes of at least 4 members (excludes halogenated alkanes) is 1. The van der Waals surface area contributed by atoms with Crippen LogP contribution in [-0.4, -0.2) is 24.2 Å². The Hall–Kier alpha value is -1.11. The summed E-state index contributed by atoms with van der Waals surface area (Å²) in [5.74, 6) is -0.150. The Morgan fingerprint density at radius 1 is 1.42 bits per heavy atom. The summed E-state index contributed by atoms with van der Waals surface area (Å²) in [6.07, 6.45) is 1.45. The molecule has 2 aromatic rings. The number of carbonyl (C=O) groups is 1. The lowest BCUT2D eigenvalue weighted by molar-refractivity contribution is 0.0957. The van der Waals surface area contributed by atoms with Gasteiger partial charge in [0, 0.05) is 27.7 Å². The standard InChI is InChI=1S/C13H15BrN2O2S/c14-8-4-3-5-9-10(8)11(15)12(19-9)13(18)16-6-1-2-7-17/h3-5,17H,1-2,6-7,15H2,(H,16,18). The number of fused-ring (bicyclic) bond motifs is 1. The number of nitrogen functional groups attached to an aromatic ring is 1. The number of rotatable bonds is 5. The largest absolute Gasteiger partial charge is 0.397 e. The zero-order chi connectivity index (χ0) is 13.8. The van der Waals surface area contributed by atoms with Gasteiger partial charge in [0.05, 0.1) is 5.69 Å². The van der Waals surface area contributed by atoms with E-state index in [1.54, 1.807) is 0 Å². The number of nitrogens with one attached hydrogen (secondary N) is 1. The number of hydrogen-bond acceptors (Lipinski definition) is 4. The summed E-state index contributed by atoms with van der Waals surface area (Å²) in [6, 6.07) is 5.78. The summed E-state index contributed by atoms with van der Waals surface area (Å²) in [7, 11) is 0. The highest BCUT2D eigenvalue weighted by molar-refractivity contribution is 9.10. The maximum atomic E-state index is 12.1. The molecule has 102 valence electrons. The molecule has 0 aliphatic rings. The second-order valence-electron chi connectivity index (χ2n) is 4.14. The predicted octanol–water partition coefficient (Wildman–Crippen LogP) is 2.75. The number of aliphatic hydroxyl groups excluding tert-OH is 1. The minimum atomic E-state index is -0.150. The van der Waals surface area contributed by atoms with Crippen molar-refractivity contribution in [3.05, 3.63) is 27.5 Å². The Morgan fingerprint density at radius 2 is 2.21 bits per heavy atom. The van der Waals surface area contributed by atoms with Gasteiger partial charge in [-0.3, -0.25) is 4.79 Å². The van der Waals surface area contributed by atoms with Crippen molar-refractivity contribution < 1.29 is 9.90 Å². The Labute approximate surface area is 123 Å². The maximum Gasteiger partial charge on any atom is 0.263 e. The van der Waals surface area contributed by atoms with Crippen molar-refractivity contribution >= 4 is 48.9 Å². The van der Waals surface area contributed by atoms with Crippen LogP contribution >= 0.6 is 27.3 Å². The molecule has 4 N–H and O–H groups in total. The van der Waals surface area contributed by atoms with E-state index in [9.17, 15) is 4.79 Å². The molecule has 0 bridgehead atoms. The third-order valence-electron chi connectivity index (χ3n) is 2.78. The zero-order valence-electron chi connectivity index (χ0n) is 10.3. The molecule has 1 amide bonds. The third kappa shape index (κ3) is 3.08. The van der Waals surface area contributed by atoms with Crippen molar-refractivity contribution in [1.82, 2.24) is 5.32 Å². The molecule has 0 unspecified atom stereocenters. The lowest BCUT2D eigenvalue weighted by atomic mass is 10.2. The number of aliphatic hydroxyl groups is 1. The molecule has 1 aromatic heterocycles. The van der Waals surface area contributed by atoms with Crippen LogP contribution in [0.15, 0.2) is 22.7 Å². The summed E-state index contributed by atoms with van der Waals surface area (Å²) in [5.41, 5.74) is 6.57. The summed E-state index contributed by atoms with van der Waals surface area (Å²) in [6.45, 7) is 0.697. The fourth-order valence-electron chi connectivity index (χ4n) is 1.82. The molecule has 0 saturated heterocycles. The van der Waals surface area contributed by atoms with Crippen LogP contribution in [0.1, 0.15) is 22.5 Å². The molecule has 4 nitrogen and oxygen atoms in total. The highest BCUT2D eigenvalue weighted by Crippen LogP contribution is 2.37. The van der Waals surface area contributed by atoms with E-state index in [-0.39, 0.29) is 12.5 Å². The van der Waals surface area contributed by atoms with Gasteiger partial charge in [0.1, 0.15) is 4.88 Å². The van der Waals surface area contributed by atoms with E-state index in [4.69, 9.17) is 10.8 Å². The summed E-state index contributed by atoms with van der Waals surface area (Å²) < 4.78 is 1.89. The van der Waals surface area contributed by atoms with E-state index < -0.39 is 0 Å². The number of anilines is 1. The fourth-order valence-corrected chi connectivity index (χ4v) is 3.59. The van der Waals surface area contributed by atoms with Gasteiger partial charge in [-0.15, -0.1) is 11.3 Å². The van der Waals surface area contributed by atoms with Crippen molar-refractivity contribution in [2.24, 2.45) is 0 Å². The quantitative estimate of drug-likeness (QED) is 0.731. The summed E-state index contributed by atoms with van der Waals surface area (Å²) in [4.78, 5) is 12.6. The summed E-state index contributed by atoms with van der Waals surface area (Å²) in [5, 5.41) is 12.4. The molecule has 0 radical (unpaired) electrons. The van der Waals surface area contributed by atoms with Crippen LogP contribution in [0, 0.1) is 0 Å². The van der Waals surface area contributed by atoms with Crippen LogP contribution in [0.4, 0.5) is 5.69 Å². The SMILES string of the molecule is Nc1c(C(=O)NCCCCO)sc2cccc(Br)c12. The first-order chi connectivity index (χ1) is 9.15. The van der Waals surface area contributed by atoms with Gasteiger partial charge in [0.25, 0.3) is 5.91 Å². The number of halogens is 1. The van der Waals surface area contributed by atoms with Gasteiger partial charge in [-0.1, -0.05) is 22.0 Å². The van der Waals surface area contributed by atoms with Gasteiger partial charge in [0.15, 0.2) is 0 Å². The minimum absolute atomic E-state index is 0.147. The maximum absolute atomic E-state index is 12.1. The first-order valence-electron chi connectivity index (χ1n) is 6.00. The third-order valence-corrected chi connectivity index (χ3v) is 4.61. The highest BCUT2D eigenvalue weighted by Gasteiger charge is 2.17. The monoisotopic (exact) mass is 342 g/mol. The lowest BCUT2D eigenvalue weighted by Gasteiger charge is -2.03. The van der Waals surface area contributed by atoms with Gasteiger partial charge in [-0.2, -0.15) is 0 Å². The fraction of sp³-hybridized carbons (Fsp3) is 0.308. The molecule has 0 aliphatic carbocycles. The molecule has 19 heavy (non-hydrogen) atoms. The average Bonchev–Trinajstić information content (AvgIpc) is 2.73. The number of thiophene rings is 1. The Bertz CT molecular complexity index is 598. The molecular weight excluding hydrogens is 328 g/mol. The van der Waals surface area contributed by atoms with Gasteiger partial charge in [-0.05, 0) is 25.0 Å². The van der Waals surface area contributed by atoms with Gasteiger partial charge < -0.3 is 16.2 Å². The summed E-state index contributed by atoms with van der Waals surface area (Å²) >= 11 is 4.84. The van der Waals surface area contributed by atoms with E-state index in [0.717, 1.165) is 21.0 Å². The number of hydrogen-bond donors (Lipinski definition) is 3. The molecule has 6 heteroatoms. The minimum Gasteiger partial charge on any atom is -0.397 e. The van der Waals surface area contributed by atoms with Crippen molar-refractivity contribution in [1.29, 1.82) is 0 Å². The number of carbonyl (C=O) groups excluding carboxylic acids is 1. The lowest BCUT2D eigenvalue weighted by Crippen LogP contribution is -2.24. The second-order valence-corrected chi connectivity index (χ2v) is 6.05. The predicted molar refractivity (Wildman–Crippen MR) is 82.6 cm³/mol. The molecule has 1 heterocycles. The highest BCUT2D eigenvalue weighted by atomic mass is 79.9. The second kappa shape index (κ2) is 6.36. The van der Waals surface area contributed by atoms with Crippen LogP contribution in [0.25, 0.3) is 10.1 Å². The van der Waals surface area contributed by atoms with Crippen LogP contribution in [0.3, 0.4) is 0 Å². The van der Waals surface area contributed by atoms with E-state index in [0.29, 0.717) is 23.5 Å². The topological polar surface area (TPSA) is 75.4 Å². The number of nitrogens with two attached hydrogens (primary N) is 1. The van der Waals surface area contributed by atoms with Crippen molar-refractivity contribution in [3.8, 4) is 0 Å². The molecule has 0 saturated carbocycles. The smallest absolute Gasteiger partial charge is 0.263 e. The average molecular weight is 343 g/mol. The Balaban J connectivity index is 2.18. The Kier molecular flexibility index (Phi) is 4.79. The van der Waals surface area contributed by atoms with Crippen molar-refractivity contribution in [2.75, 3.05) is 18.9 Å². The van der Waals surface area contributed by atoms with E-state index in [1.165, 1.54) is 11.3 Å². The molecule has 1 aromatic carbocycles. The first kappa shape index (κ1) is 14.3. The van der Waals surface area contributed by atoms with Gasteiger partial charge in [0.2, 0.25) is 0 Å². The van der Waals surface area contributed by atoms with E-state index in [1.807, 2.05) is 18.2 Å². The number of benzene rings is 1. The van der Waals surface area contributed by atoms with Crippen LogP contribution in [-0.2, 0) is 0 Å². The molecule has 2 rings (SSSR count). The first-order valence-corrected chi connectivity index (χ1v) is 7.61. The van der Waals surface area contributed by atoms with Crippen molar-refractivity contribution in [3.63, 3.8) is 0 Å². The van der Waals surface area contributed by atoms with Crippen LogP contribution in [0.5, 0.6) is 0 Å². The number of amides is 1. The van der Waals surface area contributed by atoms with Crippen molar-refractivity contribution in [2.45, 2.75) is 12.8 Å². The molecular formula is C13H15BrN2O2S. The van der Waals surface area contributed by atoms with E-state index in [2.05, 4.69) is 21.2 Å². The zero-order valence-corrected chi connectivity index (χ0v) is 12.7. The molecule has 0 aliphatic heterocycles. The molecule has 0 spiro atoms. The Morgan fingerprint density at radius 3 is 2.89 bits per heavy atom. The van der Waals surface area contributed by atoms with Crippen LogP contribution < -0.4 is 11.1 Å². The molecule has 0 fully saturated rings. The normalized spacial score (nSPS) is 10.8. The van der Waals surface area contributed by atoms with Gasteiger partial charge in [-0.25, -0.2) is 0 Å². The van der Waals surface area contributed by atoms with Gasteiger partial charge >= 0.3 is 0 Å². The molecule has 0 atom stereocenters. The van der Waals surface area contributed by atoms with Crippen LogP contribution in [0.2, 0.25) is 0 Å². The van der Waals surface area contributed by atoms with E-state index >= 15 is 0 Å².